The molecule has 0 saturated heterocycles. The van der Waals surface area contributed by atoms with E-state index >= 15 is 0 Å². The van der Waals surface area contributed by atoms with Gasteiger partial charge in [0, 0.05) is 29.5 Å². The van der Waals surface area contributed by atoms with E-state index in [2.05, 4.69) is 46.0 Å². The van der Waals surface area contributed by atoms with E-state index in [1.54, 1.807) is 0 Å². The number of fused-ring (bicyclic) bond motifs is 3. The Kier molecular flexibility index (Phi) is 7.28. The summed E-state index contributed by atoms with van der Waals surface area (Å²) in [6.07, 6.45) is 0.153. The summed E-state index contributed by atoms with van der Waals surface area (Å²) in [6.45, 7) is 17.4. The molecular weight excluding hydrogens is 406 g/mol. The first-order chi connectivity index (χ1) is 14.9. The maximum atomic E-state index is 12.7. The zero-order valence-corrected chi connectivity index (χ0v) is 21.0. The van der Waals surface area contributed by atoms with Gasteiger partial charge >= 0.3 is 5.97 Å². The number of esters is 1. The largest absolute Gasteiger partial charge is 0.487 e. The number of aliphatic hydroxyl groups excluding tert-OH is 1. The molecule has 32 heavy (non-hydrogen) atoms. The van der Waals surface area contributed by atoms with Crippen molar-refractivity contribution in [1.29, 1.82) is 0 Å². The minimum absolute atomic E-state index is 0.0180. The Balaban J connectivity index is 1.78. The number of carbonyl (C=O) groups excluding carboxylic acids is 1. The summed E-state index contributed by atoms with van der Waals surface area (Å²) in [5.41, 5.74) is 2.70. The second kappa shape index (κ2) is 9.32. The molecule has 0 bridgehead atoms. The van der Waals surface area contributed by atoms with Crippen LogP contribution in [0.5, 0.6) is 5.75 Å². The number of hydrogen-bond acceptors (Lipinski definition) is 6. The van der Waals surface area contributed by atoms with Crippen molar-refractivity contribution in [2.75, 3.05) is 19.8 Å². The lowest BCUT2D eigenvalue weighted by Crippen LogP contribution is -2.44. The number of hydrogen-bond donors (Lipinski definition) is 2. The van der Waals surface area contributed by atoms with Gasteiger partial charge in [-0.1, -0.05) is 19.1 Å². The van der Waals surface area contributed by atoms with Gasteiger partial charge in [-0.2, -0.15) is 0 Å². The molecule has 2 aliphatic rings. The van der Waals surface area contributed by atoms with E-state index in [0.29, 0.717) is 13.2 Å². The SMILES string of the molecule is CCOC(=O)C1C2c3c(C(C)OCC(O)CNC(C)(C)CC)ccc(C)c3OC(C)(C)C12. The van der Waals surface area contributed by atoms with E-state index in [4.69, 9.17) is 14.2 Å². The summed E-state index contributed by atoms with van der Waals surface area (Å²) >= 11 is 0. The lowest BCUT2D eigenvalue weighted by Gasteiger charge is -2.35. The second-order valence-electron chi connectivity index (χ2n) is 10.5. The standard InChI is InChI=1S/C26H41NO5/c1-9-25(5,6)27-13-17(28)14-31-16(4)18-12-11-15(3)23-19(18)20-21(24(29)30-10-2)22(20)26(7,8)32-23/h11-12,16-17,20-22,27-28H,9-10,13-14H2,1-8H3. The molecule has 1 aliphatic carbocycles. The van der Waals surface area contributed by atoms with E-state index < -0.39 is 11.7 Å². The van der Waals surface area contributed by atoms with E-state index in [0.717, 1.165) is 28.9 Å². The van der Waals surface area contributed by atoms with Crippen LogP contribution in [0.15, 0.2) is 12.1 Å². The fourth-order valence-electron chi connectivity index (χ4n) is 4.88. The minimum atomic E-state index is -0.597. The maximum Gasteiger partial charge on any atom is 0.310 e. The molecule has 0 amide bonds. The van der Waals surface area contributed by atoms with E-state index in [-0.39, 0.29) is 42.0 Å². The molecule has 6 heteroatoms. The molecule has 1 aromatic rings. The first-order valence-corrected chi connectivity index (χ1v) is 12.0. The third kappa shape index (κ3) is 4.97. The number of carbonyl (C=O) groups is 1. The monoisotopic (exact) mass is 447 g/mol. The smallest absolute Gasteiger partial charge is 0.310 e. The lowest BCUT2D eigenvalue weighted by atomic mass is 9.88. The first kappa shape index (κ1) is 25.0. The van der Waals surface area contributed by atoms with Crippen LogP contribution in [0.3, 0.4) is 0 Å². The number of nitrogens with one attached hydrogen (secondary N) is 1. The third-order valence-corrected chi connectivity index (χ3v) is 7.18. The summed E-state index contributed by atoms with van der Waals surface area (Å²) in [5, 5.41) is 13.8. The van der Waals surface area contributed by atoms with Gasteiger partial charge in [-0.15, -0.1) is 0 Å². The van der Waals surface area contributed by atoms with Crippen LogP contribution < -0.4 is 10.1 Å². The van der Waals surface area contributed by atoms with Gasteiger partial charge in [-0.05, 0) is 66.0 Å². The Morgan fingerprint density at radius 1 is 1.31 bits per heavy atom. The highest BCUT2D eigenvalue weighted by Gasteiger charge is 2.67. The molecule has 0 aromatic heterocycles. The Labute approximate surface area is 193 Å². The van der Waals surface area contributed by atoms with Crippen LogP contribution in [0.2, 0.25) is 0 Å². The van der Waals surface area contributed by atoms with Crippen LogP contribution in [0.25, 0.3) is 0 Å². The Hall–Kier alpha value is -1.63. The molecule has 1 saturated carbocycles. The highest BCUT2D eigenvalue weighted by Crippen LogP contribution is 2.66. The van der Waals surface area contributed by atoms with Crippen LogP contribution in [-0.4, -0.2) is 48.1 Å². The summed E-state index contributed by atoms with van der Waals surface area (Å²) in [5.74, 6) is 0.694. The first-order valence-electron chi connectivity index (χ1n) is 12.0. The van der Waals surface area contributed by atoms with E-state index in [1.165, 1.54) is 0 Å². The zero-order valence-electron chi connectivity index (χ0n) is 21.0. The molecule has 1 heterocycles. The predicted octanol–water partition coefficient (Wildman–Crippen LogP) is 4.28. The molecule has 180 valence electrons. The van der Waals surface area contributed by atoms with Gasteiger partial charge < -0.3 is 24.6 Å². The quantitative estimate of drug-likeness (QED) is 0.522. The summed E-state index contributed by atoms with van der Waals surface area (Å²) < 4.78 is 17.9. The molecule has 0 spiro atoms. The Morgan fingerprint density at radius 2 is 2.00 bits per heavy atom. The van der Waals surface area contributed by atoms with Crippen molar-refractivity contribution in [2.45, 2.75) is 91.1 Å². The van der Waals surface area contributed by atoms with Gasteiger partial charge in [0.15, 0.2) is 0 Å². The van der Waals surface area contributed by atoms with Crippen molar-refractivity contribution in [3.05, 3.63) is 28.8 Å². The minimum Gasteiger partial charge on any atom is -0.487 e. The van der Waals surface area contributed by atoms with Crippen molar-refractivity contribution < 1.29 is 24.1 Å². The molecule has 5 atom stereocenters. The summed E-state index contributed by atoms with van der Waals surface area (Å²) in [6, 6.07) is 4.12. The van der Waals surface area contributed by atoms with Crippen molar-refractivity contribution in [2.24, 2.45) is 11.8 Å². The molecule has 3 rings (SSSR count). The van der Waals surface area contributed by atoms with Gasteiger partial charge in [0.25, 0.3) is 0 Å². The molecule has 0 radical (unpaired) electrons. The molecule has 1 aliphatic heterocycles. The zero-order chi connectivity index (χ0) is 23.8. The average Bonchev–Trinajstić information content (AvgIpc) is 3.49. The normalized spacial score (nSPS) is 25.2. The summed E-state index contributed by atoms with van der Waals surface area (Å²) in [7, 11) is 0. The fourth-order valence-corrected chi connectivity index (χ4v) is 4.88. The van der Waals surface area contributed by atoms with Crippen LogP contribution in [0.1, 0.15) is 83.6 Å². The second-order valence-corrected chi connectivity index (χ2v) is 10.5. The van der Waals surface area contributed by atoms with Crippen molar-refractivity contribution in [1.82, 2.24) is 5.32 Å². The van der Waals surface area contributed by atoms with Gasteiger partial charge in [0.2, 0.25) is 0 Å². The molecule has 5 unspecified atom stereocenters. The molecule has 1 fully saturated rings. The molecular formula is C26H41NO5. The van der Waals surface area contributed by atoms with Gasteiger partial charge in [-0.25, -0.2) is 0 Å². The lowest BCUT2D eigenvalue weighted by molar-refractivity contribution is -0.145. The Morgan fingerprint density at radius 3 is 2.62 bits per heavy atom. The predicted molar refractivity (Wildman–Crippen MR) is 125 cm³/mol. The third-order valence-electron chi connectivity index (χ3n) is 7.18. The number of benzene rings is 1. The molecule has 6 nitrogen and oxygen atoms in total. The van der Waals surface area contributed by atoms with Crippen LogP contribution in [-0.2, 0) is 14.3 Å². The summed E-state index contributed by atoms with van der Waals surface area (Å²) in [4.78, 5) is 12.7. The van der Waals surface area contributed by atoms with Crippen LogP contribution >= 0.6 is 0 Å². The number of aliphatic hydroxyl groups is 1. The topological polar surface area (TPSA) is 77.0 Å². The van der Waals surface area contributed by atoms with Gasteiger partial charge in [0.05, 0.1) is 31.3 Å². The van der Waals surface area contributed by atoms with Crippen LogP contribution in [0.4, 0.5) is 0 Å². The highest BCUT2D eigenvalue weighted by molar-refractivity contribution is 5.80. The highest BCUT2D eigenvalue weighted by atomic mass is 16.5. The molecule has 1 aromatic carbocycles. The van der Waals surface area contributed by atoms with Gasteiger partial charge in [0.1, 0.15) is 11.4 Å². The van der Waals surface area contributed by atoms with Crippen LogP contribution in [0, 0.1) is 18.8 Å². The fraction of sp³-hybridized carbons (Fsp3) is 0.731. The average molecular weight is 448 g/mol. The number of ether oxygens (including phenoxy) is 3. The van der Waals surface area contributed by atoms with Gasteiger partial charge in [-0.3, -0.25) is 4.79 Å². The van der Waals surface area contributed by atoms with Crippen molar-refractivity contribution in [3.8, 4) is 5.75 Å². The van der Waals surface area contributed by atoms with Crippen molar-refractivity contribution in [3.63, 3.8) is 0 Å². The van der Waals surface area contributed by atoms with E-state index in [1.807, 2.05) is 26.8 Å². The van der Waals surface area contributed by atoms with E-state index in [9.17, 15) is 9.90 Å². The Bertz CT molecular complexity index is 834. The van der Waals surface area contributed by atoms with Crippen molar-refractivity contribution >= 4 is 5.97 Å². The number of aryl methyl sites for hydroxylation is 1. The maximum absolute atomic E-state index is 12.7. The molecule has 2 N–H and O–H groups in total. The number of rotatable bonds is 10. The number of β-amino-alcohol motifs (C(OH)–C–C–N with tert-alkyl or cyclic N) is 1.